The first-order valence-electron chi connectivity index (χ1n) is 7.45. The summed E-state index contributed by atoms with van der Waals surface area (Å²) >= 11 is 0. The number of hydrazine groups is 1. The Morgan fingerprint density at radius 3 is 2.36 bits per heavy atom. The van der Waals surface area contributed by atoms with E-state index in [1.807, 2.05) is 6.92 Å². The fraction of sp³-hybridized carbons (Fsp3) is 0.176. The van der Waals surface area contributed by atoms with Crippen LogP contribution in [-0.2, 0) is 4.79 Å². The topological polar surface area (TPSA) is 111 Å². The number of ether oxygens (including phenoxy) is 1. The molecule has 8 heteroatoms. The van der Waals surface area contributed by atoms with Gasteiger partial charge in [-0.2, -0.15) is 0 Å². The maximum Gasteiger partial charge on any atom is 0.310 e. The normalized spacial score (nSPS) is 11.3. The lowest BCUT2D eigenvalue weighted by Gasteiger charge is -2.15. The van der Waals surface area contributed by atoms with Gasteiger partial charge in [0.1, 0.15) is 0 Å². The molecule has 2 rings (SSSR count). The van der Waals surface area contributed by atoms with Gasteiger partial charge in [0, 0.05) is 11.6 Å². The van der Waals surface area contributed by atoms with E-state index >= 15 is 0 Å². The number of carbonyl (C=O) groups is 2. The molecular weight excluding hydrogens is 326 g/mol. The van der Waals surface area contributed by atoms with Gasteiger partial charge in [-0.05, 0) is 32.0 Å². The predicted molar refractivity (Wildman–Crippen MR) is 90.0 cm³/mol. The van der Waals surface area contributed by atoms with Gasteiger partial charge >= 0.3 is 5.69 Å². The van der Waals surface area contributed by atoms with Crippen molar-refractivity contribution in [1.29, 1.82) is 0 Å². The van der Waals surface area contributed by atoms with Crippen LogP contribution in [0.1, 0.15) is 22.8 Å². The van der Waals surface area contributed by atoms with E-state index in [4.69, 9.17) is 4.74 Å². The second kappa shape index (κ2) is 7.91. The zero-order chi connectivity index (χ0) is 18.4. The standard InChI is InChI=1S/C17H17N3O5/c1-11-7-9-13(10-8-11)17(22)19-18-16(21)12(2)25-15-6-4-3-5-14(15)20(23)24/h3-10,12H,1-2H3,(H,18,21)(H,19,22). The Hall–Kier alpha value is -3.42. The minimum Gasteiger partial charge on any atom is -0.474 e. The Morgan fingerprint density at radius 2 is 1.72 bits per heavy atom. The van der Waals surface area contributed by atoms with Gasteiger partial charge in [-0.25, -0.2) is 0 Å². The van der Waals surface area contributed by atoms with Gasteiger partial charge in [-0.3, -0.25) is 30.6 Å². The number of nitrogens with zero attached hydrogens (tertiary/aromatic N) is 1. The van der Waals surface area contributed by atoms with Crippen LogP contribution in [0.3, 0.4) is 0 Å². The minimum atomic E-state index is -1.04. The number of benzene rings is 2. The van der Waals surface area contributed by atoms with Crippen molar-refractivity contribution < 1.29 is 19.2 Å². The molecule has 0 bridgehead atoms. The van der Waals surface area contributed by atoms with Crippen molar-refractivity contribution in [3.8, 4) is 5.75 Å². The first-order valence-corrected chi connectivity index (χ1v) is 7.45. The van der Waals surface area contributed by atoms with Gasteiger partial charge in [-0.15, -0.1) is 0 Å². The molecule has 8 nitrogen and oxygen atoms in total. The summed E-state index contributed by atoms with van der Waals surface area (Å²) < 4.78 is 5.32. The predicted octanol–water partition coefficient (Wildman–Crippen LogP) is 2.13. The molecule has 1 atom stereocenters. The zero-order valence-electron chi connectivity index (χ0n) is 13.7. The van der Waals surface area contributed by atoms with Crippen LogP contribution < -0.4 is 15.6 Å². The van der Waals surface area contributed by atoms with Gasteiger partial charge in [0.25, 0.3) is 11.8 Å². The van der Waals surface area contributed by atoms with E-state index < -0.39 is 22.8 Å². The second-order valence-electron chi connectivity index (χ2n) is 5.29. The molecule has 25 heavy (non-hydrogen) atoms. The summed E-state index contributed by atoms with van der Waals surface area (Å²) in [6.07, 6.45) is -1.04. The van der Waals surface area contributed by atoms with Crippen molar-refractivity contribution in [1.82, 2.24) is 10.9 Å². The monoisotopic (exact) mass is 343 g/mol. The molecule has 1 unspecified atom stereocenters. The SMILES string of the molecule is Cc1ccc(C(=O)NNC(=O)C(C)Oc2ccccc2[N+](=O)[O-])cc1. The minimum absolute atomic E-state index is 0.0278. The van der Waals surface area contributed by atoms with Crippen molar-refractivity contribution in [3.63, 3.8) is 0 Å². The van der Waals surface area contributed by atoms with Crippen molar-refractivity contribution in [2.24, 2.45) is 0 Å². The van der Waals surface area contributed by atoms with E-state index in [1.54, 1.807) is 30.3 Å². The molecule has 0 saturated heterocycles. The van der Waals surface area contributed by atoms with Crippen LogP contribution in [0.4, 0.5) is 5.69 Å². The lowest BCUT2D eigenvalue weighted by molar-refractivity contribution is -0.386. The molecule has 2 N–H and O–H groups in total. The van der Waals surface area contributed by atoms with E-state index in [0.717, 1.165) is 5.56 Å². The highest BCUT2D eigenvalue weighted by Crippen LogP contribution is 2.26. The molecule has 130 valence electrons. The third kappa shape index (κ3) is 4.77. The van der Waals surface area contributed by atoms with Crippen LogP contribution in [-0.4, -0.2) is 22.8 Å². The lowest BCUT2D eigenvalue weighted by atomic mass is 10.1. The molecule has 0 heterocycles. The van der Waals surface area contributed by atoms with Crippen LogP contribution in [0.5, 0.6) is 5.75 Å². The number of nitro benzene ring substituents is 1. The summed E-state index contributed by atoms with van der Waals surface area (Å²) in [4.78, 5) is 34.3. The second-order valence-corrected chi connectivity index (χ2v) is 5.29. The molecule has 0 aliphatic rings. The van der Waals surface area contributed by atoms with Crippen molar-refractivity contribution in [3.05, 3.63) is 69.8 Å². The van der Waals surface area contributed by atoms with Crippen molar-refractivity contribution in [2.45, 2.75) is 20.0 Å². The highest BCUT2D eigenvalue weighted by molar-refractivity contribution is 5.95. The Bertz CT molecular complexity index is 789. The van der Waals surface area contributed by atoms with Gasteiger partial charge in [0.15, 0.2) is 11.9 Å². The van der Waals surface area contributed by atoms with Gasteiger partial charge in [0.2, 0.25) is 0 Å². The lowest BCUT2D eigenvalue weighted by Crippen LogP contribution is -2.47. The van der Waals surface area contributed by atoms with Crippen LogP contribution in [0, 0.1) is 17.0 Å². The molecule has 0 radical (unpaired) electrons. The quantitative estimate of drug-likeness (QED) is 0.638. The molecule has 0 aliphatic heterocycles. The number of para-hydroxylation sites is 2. The number of carbonyl (C=O) groups excluding carboxylic acids is 2. The molecule has 0 aliphatic carbocycles. The first-order chi connectivity index (χ1) is 11.9. The maximum absolute atomic E-state index is 12.0. The smallest absolute Gasteiger partial charge is 0.310 e. The molecule has 0 fully saturated rings. The van der Waals surface area contributed by atoms with Crippen LogP contribution in [0.2, 0.25) is 0 Å². The highest BCUT2D eigenvalue weighted by Gasteiger charge is 2.21. The van der Waals surface area contributed by atoms with E-state index in [9.17, 15) is 19.7 Å². The third-order valence-corrected chi connectivity index (χ3v) is 3.35. The summed E-state index contributed by atoms with van der Waals surface area (Å²) in [5.41, 5.74) is 5.65. The molecule has 2 aromatic rings. The summed E-state index contributed by atoms with van der Waals surface area (Å²) in [6.45, 7) is 3.31. The largest absolute Gasteiger partial charge is 0.474 e. The fourth-order valence-electron chi connectivity index (χ4n) is 1.95. The van der Waals surface area contributed by atoms with Gasteiger partial charge in [0.05, 0.1) is 4.92 Å². The number of hydrogen-bond acceptors (Lipinski definition) is 5. The summed E-state index contributed by atoms with van der Waals surface area (Å²) in [5.74, 6) is -1.15. The number of nitrogens with one attached hydrogen (secondary N) is 2. The summed E-state index contributed by atoms with van der Waals surface area (Å²) in [7, 11) is 0. The highest BCUT2D eigenvalue weighted by atomic mass is 16.6. The van der Waals surface area contributed by atoms with Crippen molar-refractivity contribution >= 4 is 17.5 Å². The third-order valence-electron chi connectivity index (χ3n) is 3.35. The molecule has 0 spiro atoms. The average molecular weight is 343 g/mol. The molecule has 2 amide bonds. The molecule has 2 aromatic carbocycles. The van der Waals surface area contributed by atoms with E-state index in [1.165, 1.54) is 25.1 Å². The number of hydrogen-bond donors (Lipinski definition) is 2. The molecule has 0 saturated carbocycles. The van der Waals surface area contributed by atoms with E-state index in [0.29, 0.717) is 5.56 Å². The Labute approximate surface area is 143 Å². The zero-order valence-corrected chi connectivity index (χ0v) is 13.7. The van der Waals surface area contributed by atoms with Crippen LogP contribution >= 0.6 is 0 Å². The maximum atomic E-state index is 12.0. The first kappa shape index (κ1) is 17.9. The number of aryl methyl sites for hydroxylation is 1. The summed E-state index contributed by atoms with van der Waals surface area (Å²) in [5, 5.41) is 10.9. The van der Waals surface area contributed by atoms with Gasteiger partial charge in [-0.1, -0.05) is 29.8 Å². The fourth-order valence-corrected chi connectivity index (χ4v) is 1.95. The van der Waals surface area contributed by atoms with E-state index in [2.05, 4.69) is 10.9 Å². The van der Waals surface area contributed by atoms with Gasteiger partial charge < -0.3 is 4.74 Å². The average Bonchev–Trinajstić information content (AvgIpc) is 2.60. The summed E-state index contributed by atoms with van der Waals surface area (Å²) in [6, 6.07) is 12.5. The van der Waals surface area contributed by atoms with Crippen molar-refractivity contribution in [2.75, 3.05) is 0 Å². The molecular formula is C17H17N3O5. The van der Waals surface area contributed by atoms with E-state index in [-0.39, 0.29) is 11.4 Å². The molecule has 0 aromatic heterocycles. The number of amides is 2. The number of nitro groups is 1. The van der Waals surface area contributed by atoms with Crippen LogP contribution in [0.25, 0.3) is 0 Å². The van der Waals surface area contributed by atoms with Crippen LogP contribution in [0.15, 0.2) is 48.5 Å². The number of rotatable bonds is 5. The Morgan fingerprint density at radius 1 is 1.08 bits per heavy atom. The Kier molecular flexibility index (Phi) is 5.67. The Balaban J connectivity index is 1.93.